The van der Waals surface area contributed by atoms with Crippen molar-refractivity contribution in [2.75, 3.05) is 0 Å². The Labute approximate surface area is 147 Å². The van der Waals surface area contributed by atoms with E-state index in [4.69, 9.17) is 4.74 Å². The maximum Gasteiger partial charge on any atom is 0.311 e. The molecule has 128 valence electrons. The number of carboxylic acid groups (broad SMARTS) is 1. The van der Waals surface area contributed by atoms with Gasteiger partial charge in [-0.3, -0.25) is 4.79 Å². The maximum absolute atomic E-state index is 11.9. The molecule has 0 radical (unpaired) electrons. The number of ether oxygens (including phenoxy) is 1. The summed E-state index contributed by atoms with van der Waals surface area (Å²) >= 11 is 0. The fourth-order valence-electron chi connectivity index (χ4n) is 3.10. The van der Waals surface area contributed by atoms with Crippen LogP contribution in [-0.2, 0) is 11.2 Å². The summed E-state index contributed by atoms with van der Waals surface area (Å²) < 4.78 is 5.65. The molecular formula is C22H22O3. The van der Waals surface area contributed by atoms with Crippen molar-refractivity contribution in [3.63, 3.8) is 0 Å². The van der Waals surface area contributed by atoms with Crippen LogP contribution in [0.3, 0.4) is 0 Å². The van der Waals surface area contributed by atoms with Gasteiger partial charge in [0.1, 0.15) is 5.75 Å². The molecule has 1 N–H and O–H groups in total. The molecule has 0 aliphatic heterocycles. The molecule has 1 atom stereocenters. The third-order valence-electron chi connectivity index (χ3n) is 4.23. The second-order valence-electron chi connectivity index (χ2n) is 6.47. The van der Waals surface area contributed by atoms with Crippen molar-refractivity contribution in [1.82, 2.24) is 0 Å². The molecule has 0 heterocycles. The molecule has 0 bridgehead atoms. The lowest BCUT2D eigenvalue weighted by molar-refractivity contribution is -0.138. The first-order chi connectivity index (χ1) is 12.0. The van der Waals surface area contributed by atoms with Crippen LogP contribution in [0.2, 0.25) is 0 Å². The molecule has 1 unspecified atom stereocenters. The van der Waals surface area contributed by atoms with E-state index in [1.54, 1.807) is 0 Å². The van der Waals surface area contributed by atoms with E-state index in [2.05, 4.69) is 0 Å². The van der Waals surface area contributed by atoms with Crippen molar-refractivity contribution in [2.45, 2.75) is 32.3 Å². The largest absolute Gasteiger partial charge is 0.491 e. The van der Waals surface area contributed by atoms with Gasteiger partial charge in [0.15, 0.2) is 0 Å². The number of carboxylic acids is 1. The highest BCUT2D eigenvalue weighted by atomic mass is 16.5. The molecule has 0 aliphatic rings. The van der Waals surface area contributed by atoms with Crippen LogP contribution in [0.15, 0.2) is 66.7 Å². The Bertz CT molecular complexity index is 861. The van der Waals surface area contributed by atoms with Crippen molar-refractivity contribution < 1.29 is 14.6 Å². The van der Waals surface area contributed by atoms with Crippen molar-refractivity contribution in [3.05, 3.63) is 77.9 Å². The minimum atomic E-state index is -0.807. The van der Waals surface area contributed by atoms with E-state index in [0.29, 0.717) is 6.42 Å². The normalized spacial score (nSPS) is 12.3. The number of aliphatic carboxylic acids is 1. The molecule has 3 aromatic carbocycles. The lowest BCUT2D eigenvalue weighted by atomic mass is 9.88. The minimum absolute atomic E-state index is 0.119. The summed E-state index contributed by atoms with van der Waals surface area (Å²) in [6.07, 6.45) is 0.568. The number of rotatable bonds is 6. The monoisotopic (exact) mass is 334 g/mol. The van der Waals surface area contributed by atoms with E-state index < -0.39 is 11.9 Å². The standard InChI is InChI=1S/C22H22O3/c1-15(2)25-18-12-10-16(11-13-18)14-21(22(23)24)20-9-5-7-17-6-3-4-8-19(17)20/h3-13,15,21H,14H2,1-2H3,(H,23,24). The van der Waals surface area contributed by atoms with Gasteiger partial charge in [-0.25, -0.2) is 0 Å². The molecule has 3 nitrogen and oxygen atoms in total. The predicted octanol–water partition coefficient (Wildman–Crippen LogP) is 5.04. The highest BCUT2D eigenvalue weighted by Gasteiger charge is 2.22. The first-order valence-corrected chi connectivity index (χ1v) is 8.50. The molecule has 0 saturated carbocycles. The number of hydrogen-bond donors (Lipinski definition) is 1. The Morgan fingerprint density at radius 1 is 0.960 bits per heavy atom. The average Bonchev–Trinajstić information content (AvgIpc) is 2.60. The number of hydrogen-bond acceptors (Lipinski definition) is 2. The van der Waals surface area contributed by atoms with Crippen LogP contribution >= 0.6 is 0 Å². The number of carbonyl (C=O) groups is 1. The lowest BCUT2D eigenvalue weighted by Crippen LogP contribution is -2.15. The quantitative estimate of drug-likeness (QED) is 0.687. The van der Waals surface area contributed by atoms with E-state index in [1.165, 1.54) is 0 Å². The van der Waals surface area contributed by atoms with Crippen molar-refractivity contribution in [2.24, 2.45) is 0 Å². The maximum atomic E-state index is 11.9. The Morgan fingerprint density at radius 2 is 1.64 bits per heavy atom. The molecule has 0 aromatic heterocycles. The number of benzene rings is 3. The summed E-state index contributed by atoms with van der Waals surface area (Å²) in [5, 5.41) is 11.9. The van der Waals surface area contributed by atoms with Gasteiger partial charge in [-0.2, -0.15) is 0 Å². The van der Waals surface area contributed by atoms with Gasteiger partial charge < -0.3 is 9.84 Å². The summed E-state index contributed by atoms with van der Waals surface area (Å²) in [7, 11) is 0. The zero-order valence-corrected chi connectivity index (χ0v) is 14.5. The molecule has 25 heavy (non-hydrogen) atoms. The van der Waals surface area contributed by atoms with Crippen LogP contribution in [0.1, 0.15) is 30.9 Å². The lowest BCUT2D eigenvalue weighted by Gasteiger charge is -2.16. The van der Waals surface area contributed by atoms with Crippen LogP contribution < -0.4 is 4.74 Å². The molecular weight excluding hydrogens is 312 g/mol. The third kappa shape index (κ3) is 4.00. The van der Waals surface area contributed by atoms with E-state index in [9.17, 15) is 9.90 Å². The van der Waals surface area contributed by atoms with Gasteiger partial charge in [-0.15, -0.1) is 0 Å². The molecule has 0 amide bonds. The van der Waals surface area contributed by atoms with Crippen LogP contribution in [0, 0.1) is 0 Å². The smallest absolute Gasteiger partial charge is 0.311 e. The topological polar surface area (TPSA) is 46.5 Å². The predicted molar refractivity (Wildman–Crippen MR) is 100 cm³/mol. The summed E-state index contributed by atoms with van der Waals surface area (Å²) in [4.78, 5) is 11.9. The second kappa shape index (κ2) is 7.39. The van der Waals surface area contributed by atoms with E-state index >= 15 is 0 Å². The van der Waals surface area contributed by atoms with Crippen LogP contribution in [0.25, 0.3) is 10.8 Å². The highest BCUT2D eigenvalue weighted by molar-refractivity contribution is 5.90. The minimum Gasteiger partial charge on any atom is -0.491 e. The molecule has 0 fully saturated rings. The van der Waals surface area contributed by atoms with Gasteiger partial charge >= 0.3 is 5.97 Å². The SMILES string of the molecule is CC(C)Oc1ccc(CC(C(=O)O)c2cccc3ccccc23)cc1. The Kier molecular flexibility index (Phi) is 5.03. The van der Waals surface area contributed by atoms with Crippen LogP contribution in [0.5, 0.6) is 5.75 Å². The zero-order chi connectivity index (χ0) is 17.8. The summed E-state index contributed by atoms with van der Waals surface area (Å²) in [5.41, 5.74) is 1.84. The Balaban J connectivity index is 1.90. The van der Waals surface area contributed by atoms with Gasteiger partial charge in [-0.1, -0.05) is 54.6 Å². The van der Waals surface area contributed by atoms with Gasteiger partial charge in [0.2, 0.25) is 0 Å². The van der Waals surface area contributed by atoms with E-state index in [1.807, 2.05) is 80.6 Å². The van der Waals surface area contributed by atoms with Gasteiger partial charge in [0, 0.05) is 0 Å². The highest BCUT2D eigenvalue weighted by Crippen LogP contribution is 2.29. The third-order valence-corrected chi connectivity index (χ3v) is 4.23. The van der Waals surface area contributed by atoms with Gasteiger partial charge in [-0.05, 0) is 54.3 Å². The second-order valence-corrected chi connectivity index (χ2v) is 6.47. The first-order valence-electron chi connectivity index (χ1n) is 8.50. The molecule has 0 saturated heterocycles. The van der Waals surface area contributed by atoms with E-state index in [0.717, 1.165) is 27.6 Å². The van der Waals surface area contributed by atoms with Crippen LogP contribution in [-0.4, -0.2) is 17.2 Å². The van der Waals surface area contributed by atoms with Crippen LogP contribution in [0.4, 0.5) is 0 Å². The zero-order valence-electron chi connectivity index (χ0n) is 14.5. The van der Waals surface area contributed by atoms with Crippen molar-refractivity contribution >= 4 is 16.7 Å². The van der Waals surface area contributed by atoms with Gasteiger partial charge in [0.25, 0.3) is 0 Å². The summed E-state index contributed by atoms with van der Waals surface area (Å²) in [6.45, 7) is 3.96. The fourth-order valence-corrected chi connectivity index (χ4v) is 3.10. The molecule has 3 aromatic rings. The molecule has 0 aliphatic carbocycles. The number of fused-ring (bicyclic) bond motifs is 1. The first kappa shape index (κ1) is 17.0. The van der Waals surface area contributed by atoms with Gasteiger partial charge in [0.05, 0.1) is 12.0 Å². The van der Waals surface area contributed by atoms with Crippen molar-refractivity contribution in [3.8, 4) is 5.75 Å². The Hall–Kier alpha value is -2.81. The fraction of sp³-hybridized carbons (Fsp3) is 0.227. The summed E-state index contributed by atoms with van der Waals surface area (Å²) in [6, 6.07) is 21.4. The molecule has 3 rings (SSSR count). The molecule has 0 spiro atoms. The van der Waals surface area contributed by atoms with Crippen molar-refractivity contribution in [1.29, 1.82) is 0 Å². The summed E-state index contributed by atoms with van der Waals surface area (Å²) in [5.74, 6) is -0.586. The van der Waals surface area contributed by atoms with E-state index in [-0.39, 0.29) is 6.10 Å². The molecule has 3 heteroatoms. The average molecular weight is 334 g/mol. The Morgan fingerprint density at radius 3 is 2.32 bits per heavy atom.